The molecule has 0 fully saturated rings. The number of fused-ring (bicyclic) bond motifs is 3. The Hall–Kier alpha value is -3.15. The van der Waals surface area contributed by atoms with Gasteiger partial charge in [-0.25, -0.2) is 4.57 Å². The van der Waals surface area contributed by atoms with Crippen LogP contribution in [0.3, 0.4) is 0 Å². The number of aromatic nitrogens is 4. The van der Waals surface area contributed by atoms with E-state index in [1.54, 1.807) is 11.7 Å². The van der Waals surface area contributed by atoms with Crippen molar-refractivity contribution in [1.29, 1.82) is 0 Å². The Morgan fingerprint density at radius 2 is 1.80 bits per heavy atom. The summed E-state index contributed by atoms with van der Waals surface area (Å²) in [6, 6.07) is 14.9. The van der Waals surface area contributed by atoms with E-state index in [9.17, 15) is 4.79 Å². The summed E-state index contributed by atoms with van der Waals surface area (Å²) in [5.41, 5.74) is 1.46. The Labute approximate surface area is 144 Å². The molecule has 126 valence electrons. The average Bonchev–Trinajstić information content (AvgIpc) is 3.06. The number of aryl methyl sites for hydroxylation is 1. The summed E-state index contributed by atoms with van der Waals surface area (Å²) in [4.78, 5) is 13.1. The zero-order chi connectivity index (χ0) is 17.4. The van der Waals surface area contributed by atoms with Crippen LogP contribution >= 0.6 is 0 Å². The Balaban J connectivity index is 2.11. The molecule has 0 bridgehead atoms. The molecule has 0 aliphatic rings. The van der Waals surface area contributed by atoms with E-state index in [-0.39, 0.29) is 5.56 Å². The highest BCUT2D eigenvalue weighted by atomic mass is 16.5. The maximum atomic E-state index is 13.1. The first-order chi connectivity index (χ1) is 12.2. The van der Waals surface area contributed by atoms with Crippen molar-refractivity contribution in [3.05, 3.63) is 64.7 Å². The lowest BCUT2D eigenvalue weighted by Gasteiger charge is -2.11. The van der Waals surface area contributed by atoms with Gasteiger partial charge in [0.1, 0.15) is 11.6 Å². The largest absolute Gasteiger partial charge is 0.497 e. The lowest BCUT2D eigenvalue weighted by atomic mass is 10.2. The summed E-state index contributed by atoms with van der Waals surface area (Å²) >= 11 is 0. The van der Waals surface area contributed by atoms with Crippen LogP contribution < -0.4 is 10.3 Å². The number of para-hydroxylation sites is 1. The highest BCUT2D eigenvalue weighted by molar-refractivity contribution is 5.81. The predicted molar refractivity (Wildman–Crippen MR) is 96.6 cm³/mol. The molecular weight excluding hydrogens is 316 g/mol. The standard InChI is InChI=1S/C19H18N4O2/c1-3-6-17-20-21-19-22(13-9-11-14(25-2)12-10-13)18(24)15-7-4-5-8-16(15)23(17)19/h4-5,7-12H,3,6H2,1-2H3. The van der Waals surface area contributed by atoms with Gasteiger partial charge in [0.05, 0.1) is 23.7 Å². The first-order valence-electron chi connectivity index (χ1n) is 8.26. The minimum Gasteiger partial charge on any atom is -0.497 e. The summed E-state index contributed by atoms with van der Waals surface area (Å²) in [5.74, 6) is 2.12. The number of benzene rings is 2. The normalized spacial score (nSPS) is 11.3. The Bertz CT molecular complexity index is 1110. The van der Waals surface area contributed by atoms with Crippen molar-refractivity contribution >= 4 is 16.7 Å². The Kier molecular flexibility index (Phi) is 3.72. The fraction of sp³-hybridized carbons (Fsp3) is 0.211. The first kappa shape index (κ1) is 15.4. The van der Waals surface area contributed by atoms with Gasteiger partial charge in [-0.1, -0.05) is 19.1 Å². The third-order valence-corrected chi connectivity index (χ3v) is 4.30. The molecule has 0 atom stereocenters. The molecule has 0 aliphatic carbocycles. The molecule has 0 saturated carbocycles. The molecule has 2 aromatic heterocycles. The summed E-state index contributed by atoms with van der Waals surface area (Å²) < 4.78 is 8.79. The van der Waals surface area contributed by atoms with Gasteiger partial charge in [0, 0.05) is 6.42 Å². The monoisotopic (exact) mass is 334 g/mol. The van der Waals surface area contributed by atoms with Crippen molar-refractivity contribution in [2.75, 3.05) is 7.11 Å². The van der Waals surface area contributed by atoms with Gasteiger partial charge < -0.3 is 4.74 Å². The van der Waals surface area contributed by atoms with Crippen LogP contribution in [0, 0.1) is 0 Å². The molecule has 2 aromatic carbocycles. The van der Waals surface area contributed by atoms with Crippen molar-refractivity contribution < 1.29 is 4.74 Å². The van der Waals surface area contributed by atoms with Crippen LogP contribution in [-0.2, 0) is 6.42 Å². The zero-order valence-corrected chi connectivity index (χ0v) is 14.1. The molecular formula is C19H18N4O2. The lowest BCUT2D eigenvalue weighted by Crippen LogP contribution is -2.22. The number of methoxy groups -OCH3 is 1. The topological polar surface area (TPSA) is 61.4 Å². The fourth-order valence-corrected chi connectivity index (χ4v) is 3.11. The van der Waals surface area contributed by atoms with E-state index in [2.05, 4.69) is 17.1 Å². The van der Waals surface area contributed by atoms with E-state index in [0.717, 1.165) is 35.6 Å². The average molecular weight is 334 g/mol. The van der Waals surface area contributed by atoms with E-state index in [0.29, 0.717) is 11.2 Å². The van der Waals surface area contributed by atoms with Crippen LogP contribution in [-0.4, -0.2) is 26.3 Å². The van der Waals surface area contributed by atoms with Crippen LogP contribution in [0.25, 0.3) is 22.4 Å². The summed E-state index contributed by atoms with van der Waals surface area (Å²) in [7, 11) is 1.62. The van der Waals surface area contributed by atoms with Crippen molar-refractivity contribution in [2.24, 2.45) is 0 Å². The fourth-order valence-electron chi connectivity index (χ4n) is 3.11. The van der Waals surface area contributed by atoms with Crippen molar-refractivity contribution in [3.8, 4) is 11.4 Å². The van der Waals surface area contributed by atoms with E-state index in [1.165, 1.54) is 0 Å². The van der Waals surface area contributed by atoms with E-state index in [1.807, 2.05) is 52.9 Å². The van der Waals surface area contributed by atoms with Gasteiger partial charge in [-0.3, -0.25) is 9.20 Å². The second-order valence-electron chi connectivity index (χ2n) is 5.86. The number of rotatable bonds is 4. The molecule has 6 nitrogen and oxygen atoms in total. The highest BCUT2D eigenvalue weighted by Gasteiger charge is 2.17. The molecule has 25 heavy (non-hydrogen) atoms. The SMILES string of the molecule is CCCc1nnc2n(-c3ccc(OC)cc3)c(=O)c3ccccc3n12. The van der Waals surface area contributed by atoms with Gasteiger partial charge >= 0.3 is 0 Å². The molecule has 0 saturated heterocycles. The van der Waals surface area contributed by atoms with Gasteiger partial charge in [-0.2, -0.15) is 0 Å². The summed E-state index contributed by atoms with van der Waals surface area (Å²) in [5, 5.41) is 9.28. The number of hydrogen-bond donors (Lipinski definition) is 0. The second-order valence-corrected chi connectivity index (χ2v) is 5.86. The second kappa shape index (κ2) is 6.05. The minimum atomic E-state index is -0.108. The molecule has 0 spiro atoms. The van der Waals surface area contributed by atoms with E-state index in [4.69, 9.17) is 4.74 Å². The van der Waals surface area contributed by atoms with Crippen molar-refractivity contribution in [3.63, 3.8) is 0 Å². The van der Waals surface area contributed by atoms with Gasteiger partial charge in [0.15, 0.2) is 0 Å². The molecule has 0 amide bonds. The Morgan fingerprint density at radius 1 is 1.04 bits per heavy atom. The molecule has 4 rings (SSSR count). The predicted octanol–water partition coefficient (Wildman–Crippen LogP) is 2.99. The zero-order valence-electron chi connectivity index (χ0n) is 14.1. The van der Waals surface area contributed by atoms with Crippen LogP contribution in [0.2, 0.25) is 0 Å². The quantitative estimate of drug-likeness (QED) is 0.576. The minimum absolute atomic E-state index is 0.108. The molecule has 2 heterocycles. The van der Waals surface area contributed by atoms with Crippen LogP contribution in [0.1, 0.15) is 19.2 Å². The summed E-state index contributed by atoms with van der Waals surface area (Å²) in [6.07, 6.45) is 1.75. The maximum absolute atomic E-state index is 13.1. The Morgan fingerprint density at radius 3 is 2.52 bits per heavy atom. The third kappa shape index (κ3) is 2.38. The number of hydrogen-bond acceptors (Lipinski definition) is 4. The third-order valence-electron chi connectivity index (χ3n) is 4.30. The van der Waals surface area contributed by atoms with Gasteiger partial charge in [-0.05, 0) is 42.8 Å². The number of ether oxygens (including phenoxy) is 1. The van der Waals surface area contributed by atoms with Crippen LogP contribution in [0.15, 0.2) is 53.3 Å². The highest BCUT2D eigenvalue weighted by Crippen LogP contribution is 2.20. The van der Waals surface area contributed by atoms with E-state index >= 15 is 0 Å². The van der Waals surface area contributed by atoms with Crippen LogP contribution in [0.4, 0.5) is 0 Å². The lowest BCUT2D eigenvalue weighted by molar-refractivity contribution is 0.414. The van der Waals surface area contributed by atoms with Crippen LogP contribution in [0.5, 0.6) is 5.75 Å². The van der Waals surface area contributed by atoms with Gasteiger partial charge in [0.2, 0.25) is 5.78 Å². The number of nitrogens with zero attached hydrogens (tertiary/aromatic N) is 4. The van der Waals surface area contributed by atoms with Crippen molar-refractivity contribution in [2.45, 2.75) is 19.8 Å². The maximum Gasteiger partial charge on any atom is 0.267 e. The molecule has 6 heteroatoms. The summed E-state index contributed by atoms with van der Waals surface area (Å²) in [6.45, 7) is 2.10. The molecule has 0 unspecified atom stereocenters. The molecule has 0 radical (unpaired) electrons. The molecule has 0 aliphatic heterocycles. The van der Waals surface area contributed by atoms with E-state index < -0.39 is 0 Å². The smallest absolute Gasteiger partial charge is 0.267 e. The first-order valence-corrected chi connectivity index (χ1v) is 8.26. The molecule has 4 aromatic rings. The van der Waals surface area contributed by atoms with Gasteiger partial charge in [-0.15, -0.1) is 10.2 Å². The molecule has 0 N–H and O–H groups in total. The van der Waals surface area contributed by atoms with Crippen molar-refractivity contribution in [1.82, 2.24) is 19.2 Å². The van der Waals surface area contributed by atoms with Gasteiger partial charge in [0.25, 0.3) is 5.56 Å².